The molecule has 0 aliphatic rings. The Labute approximate surface area is 110 Å². The monoisotopic (exact) mass is 264 g/mol. The highest BCUT2D eigenvalue weighted by Gasteiger charge is 2.11. The van der Waals surface area contributed by atoms with Crippen LogP contribution in [0.2, 0.25) is 5.02 Å². The minimum absolute atomic E-state index is 0.303. The fourth-order valence-corrected chi connectivity index (χ4v) is 1.72. The van der Waals surface area contributed by atoms with Crippen LogP contribution < -0.4 is 11.1 Å². The first kappa shape index (κ1) is 12.4. The number of anilines is 2. The molecule has 0 spiro atoms. The van der Waals surface area contributed by atoms with E-state index in [2.05, 4.69) is 10.4 Å². The zero-order valence-corrected chi connectivity index (χ0v) is 10.6. The smallest absolute Gasteiger partial charge is 0.257 e. The van der Waals surface area contributed by atoms with E-state index in [9.17, 15) is 4.79 Å². The van der Waals surface area contributed by atoms with Gasteiger partial charge in [-0.05, 0) is 25.1 Å². The van der Waals surface area contributed by atoms with Crippen LogP contribution in [0.3, 0.4) is 0 Å². The average molecular weight is 265 g/mol. The van der Waals surface area contributed by atoms with Crippen LogP contribution in [0.25, 0.3) is 0 Å². The van der Waals surface area contributed by atoms with Crippen LogP contribution in [0.15, 0.2) is 30.6 Å². The predicted octanol–water partition coefficient (Wildman–Crippen LogP) is 2.39. The first-order chi connectivity index (χ1) is 8.60. The summed E-state index contributed by atoms with van der Waals surface area (Å²) < 4.78 is 1.72. The van der Waals surface area contributed by atoms with Gasteiger partial charge < -0.3 is 11.1 Å². The number of aryl methyl sites for hydroxylation is 1. The van der Waals surface area contributed by atoms with Gasteiger partial charge in [0.25, 0.3) is 5.91 Å². The standard InChI is InChI=1S/C12H13ClN4O/c1-2-17-7-9(6-15-17)16-12(18)10-5-8(14)3-4-11(10)13/h3-7H,2,14H2,1H3,(H,16,18). The topological polar surface area (TPSA) is 72.9 Å². The van der Waals surface area contributed by atoms with Crippen molar-refractivity contribution in [1.29, 1.82) is 0 Å². The van der Waals surface area contributed by atoms with Crippen LogP contribution in [0.4, 0.5) is 11.4 Å². The molecule has 0 aliphatic carbocycles. The molecule has 1 amide bonds. The number of hydrogen-bond donors (Lipinski definition) is 2. The zero-order valence-electron chi connectivity index (χ0n) is 9.85. The third-order valence-electron chi connectivity index (χ3n) is 2.45. The third-order valence-corrected chi connectivity index (χ3v) is 2.78. The Morgan fingerprint density at radius 2 is 2.33 bits per heavy atom. The fourth-order valence-electron chi connectivity index (χ4n) is 1.52. The zero-order chi connectivity index (χ0) is 13.1. The van der Waals surface area contributed by atoms with Crippen molar-refractivity contribution in [1.82, 2.24) is 9.78 Å². The molecule has 0 radical (unpaired) electrons. The summed E-state index contributed by atoms with van der Waals surface area (Å²) in [6.45, 7) is 2.71. The molecule has 2 aromatic rings. The molecule has 0 aliphatic heterocycles. The maximum absolute atomic E-state index is 12.0. The highest BCUT2D eigenvalue weighted by Crippen LogP contribution is 2.20. The van der Waals surface area contributed by atoms with Gasteiger partial charge in [0.15, 0.2) is 0 Å². The number of nitrogens with one attached hydrogen (secondary N) is 1. The quantitative estimate of drug-likeness (QED) is 0.836. The number of aromatic nitrogens is 2. The molecule has 0 atom stereocenters. The Hall–Kier alpha value is -2.01. The number of nitrogens with two attached hydrogens (primary N) is 1. The fraction of sp³-hybridized carbons (Fsp3) is 0.167. The molecule has 0 fully saturated rings. The molecule has 0 saturated carbocycles. The van der Waals surface area contributed by atoms with Gasteiger partial charge in [-0.25, -0.2) is 0 Å². The van der Waals surface area contributed by atoms with Crippen LogP contribution in [0.1, 0.15) is 17.3 Å². The first-order valence-corrected chi connectivity index (χ1v) is 5.86. The molecule has 1 aromatic carbocycles. The van der Waals surface area contributed by atoms with Gasteiger partial charge in [-0.1, -0.05) is 11.6 Å². The summed E-state index contributed by atoms with van der Waals surface area (Å²) in [6.07, 6.45) is 3.33. The Morgan fingerprint density at radius 3 is 3.00 bits per heavy atom. The van der Waals surface area contributed by atoms with Gasteiger partial charge in [0.05, 0.1) is 22.5 Å². The van der Waals surface area contributed by atoms with Crippen molar-refractivity contribution in [3.8, 4) is 0 Å². The van der Waals surface area contributed by atoms with E-state index in [0.717, 1.165) is 6.54 Å². The van der Waals surface area contributed by atoms with Crippen molar-refractivity contribution < 1.29 is 4.79 Å². The average Bonchev–Trinajstić information content (AvgIpc) is 2.80. The number of carbonyl (C=O) groups excluding carboxylic acids is 1. The molecule has 0 unspecified atom stereocenters. The number of amides is 1. The number of nitrogen functional groups attached to an aromatic ring is 1. The Balaban J connectivity index is 2.19. The molecule has 0 saturated heterocycles. The second-order valence-electron chi connectivity index (χ2n) is 3.78. The summed E-state index contributed by atoms with van der Waals surface area (Å²) in [5.74, 6) is -0.303. The lowest BCUT2D eigenvalue weighted by Gasteiger charge is -2.05. The number of rotatable bonds is 3. The lowest BCUT2D eigenvalue weighted by Crippen LogP contribution is -2.12. The van der Waals surface area contributed by atoms with E-state index < -0.39 is 0 Å². The number of hydrogen-bond acceptors (Lipinski definition) is 3. The molecule has 1 heterocycles. The van der Waals surface area contributed by atoms with Crippen LogP contribution >= 0.6 is 11.6 Å². The molecule has 0 bridgehead atoms. The summed E-state index contributed by atoms with van der Waals surface area (Å²) in [6, 6.07) is 4.79. The molecule has 6 heteroatoms. The molecule has 3 N–H and O–H groups in total. The van der Waals surface area contributed by atoms with Gasteiger partial charge in [0.2, 0.25) is 0 Å². The van der Waals surface area contributed by atoms with E-state index in [1.165, 1.54) is 0 Å². The largest absolute Gasteiger partial charge is 0.399 e. The third kappa shape index (κ3) is 2.62. The molecule has 1 aromatic heterocycles. The Kier molecular flexibility index (Phi) is 3.53. The van der Waals surface area contributed by atoms with Gasteiger partial charge in [-0.2, -0.15) is 5.10 Å². The van der Waals surface area contributed by atoms with Gasteiger partial charge in [0, 0.05) is 18.4 Å². The summed E-state index contributed by atoms with van der Waals surface area (Å²) in [5.41, 5.74) is 7.10. The maximum atomic E-state index is 12.0. The Morgan fingerprint density at radius 1 is 1.56 bits per heavy atom. The number of carbonyl (C=O) groups is 1. The van der Waals surface area contributed by atoms with Crippen LogP contribution in [-0.4, -0.2) is 15.7 Å². The lowest BCUT2D eigenvalue weighted by atomic mass is 10.2. The van der Waals surface area contributed by atoms with Crippen LogP contribution in [-0.2, 0) is 6.54 Å². The van der Waals surface area contributed by atoms with Crippen molar-refractivity contribution in [2.45, 2.75) is 13.5 Å². The van der Waals surface area contributed by atoms with E-state index >= 15 is 0 Å². The minimum Gasteiger partial charge on any atom is -0.399 e. The van der Waals surface area contributed by atoms with E-state index in [4.69, 9.17) is 17.3 Å². The van der Waals surface area contributed by atoms with E-state index in [-0.39, 0.29) is 5.91 Å². The number of nitrogens with zero attached hydrogens (tertiary/aromatic N) is 2. The van der Waals surface area contributed by atoms with Crippen LogP contribution in [0, 0.1) is 0 Å². The van der Waals surface area contributed by atoms with Crippen molar-refractivity contribution in [3.05, 3.63) is 41.2 Å². The SMILES string of the molecule is CCn1cc(NC(=O)c2cc(N)ccc2Cl)cn1. The van der Waals surface area contributed by atoms with Crippen molar-refractivity contribution >= 4 is 28.9 Å². The van der Waals surface area contributed by atoms with E-state index in [1.807, 2.05) is 6.92 Å². The minimum atomic E-state index is -0.303. The van der Waals surface area contributed by atoms with Gasteiger partial charge >= 0.3 is 0 Å². The molecule has 2 rings (SSSR count). The van der Waals surface area contributed by atoms with Crippen molar-refractivity contribution in [3.63, 3.8) is 0 Å². The van der Waals surface area contributed by atoms with Crippen molar-refractivity contribution in [2.75, 3.05) is 11.1 Å². The number of benzene rings is 1. The van der Waals surface area contributed by atoms with E-state index in [1.54, 1.807) is 35.3 Å². The van der Waals surface area contributed by atoms with Crippen molar-refractivity contribution in [2.24, 2.45) is 0 Å². The molecule has 5 nitrogen and oxygen atoms in total. The van der Waals surface area contributed by atoms with E-state index in [0.29, 0.717) is 22.0 Å². The molecule has 18 heavy (non-hydrogen) atoms. The normalized spacial score (nSPS) is 10.3. The second kappa shape index (κ2) is 5.10. The molecule has 94 valence electrons. The predicted molar refractivity (Wildman–Crippen MR) is 71.7 cm³/mol. The second-order valence-corrected chi connectivity index (χ2v) is 4.19. The summed E-state index contributed by atoms with van der Waals surface area (Å²) in [5, 5.41) is 7.15. The van der Waals surface area contributed by atoms with Crippen LogP contribution in [0.5, 0.6) is 0 Å². The Bertz CT molecular complexity index is 579. The van der Waals surface area contributed by atoms with Gasteiger partial charge in [-0.3, -0.25) is 9.48 Å². The molecular weight excluding hydrogens is 252 g/mol. The number of halogens is 1. The molecular formula is C12H13ClN4O. The summed E-state index contributed by atoms with van der Waals surface area (Å²) in [4.78, 5) is 12.0. The first-order valence-electron chi connectivity index (χ1n) is 5.49. The lowest BCUT2D eigenvalue weighted by molar-refractivity contribution is 0.102. The van der Waals surface area contributed by atoms with Gasteiger partial charge in [0.1, 0.15) is 0 Å². The summed E-state index contributed by atoms with van der Waals surface area (Å²) >= 11 is 5.95. The highest BCUT2D eigenvalue weighted by atomic mass is 35.5. The maximum Gasteiger partial charge on any atom is 0.257 e. The summed E-state index contributed by atoms with van der Waals surface area (Å²) in [7, 11) is 0. The van der Waals surface area contributed by atoms with Gasteiger partial charge in [-0.15, -0.1) is 0 Å². The highest BCUT2D eigenvalue weighted by molar-refractivity contribution is 6.34.